The maximum Gasteiger partial charge on any atom is 0.420 e. The molecule has 1 N–H and O–H groups in total. The monoisotopic (exact) mass is 370 g/mol. The average molecular weight is 370 g/mol. The van der Waals surface area contributed by atoms with E-state index in [0.29, 0.717) is 12.5 Å². The summed E-state index contributed by atoms with van der Waals surface area (Å²) in [6.45, 7) is 4.74. The number of halogens is 5. The van der Waals surface area contributed by atoms with Crippen molar-refractivity contribution in [1.29, 1.82) is 0 Å². The van der Waals surface area contributed by atoms with Gasteiger partial charge in [0.05, 0.1) is 0 Å². The van der Waals surface area contributed by atoms with Crippen molar-refractivity contribution in [3.8, 4) is 0 Å². The minimum atomic E-state index is -5.53. The molecule has 0 aliphatic heterocycles. The van der Waals surface area contributed by atoms with E-state index >= 15 is 8.78 Å². The molecule has 2 fully saturated rings. The number of esters is 1. The Balaban J connectivity index is 2.59. The number of aliphatic hydroxyl groups is 1. The quantitative estimate of drug-likeness (QED) is 0.447. The molecule has 5 unspecified atom stereocenters. The second-order valence-corrected chi connectivity index (χ2v) is 7.06. The highest BCUT2D eigenvalue weighted by Gasteiger charge is 2.73. The Hall–Kier alpha value is -1.18. The lowest BCUT2D eigenvalue weighted by molar-refractivity contribution is -0.343. The molecular formula is C17H23F5O3. The van der Waals surface area contributed by atoms with E-state index < -0.39 is 41.6 Å². The molecule has 0 radical (unpaired) electrons. The van der Waals surface area contributed by atoms with Crippen molar-refractivity contribution in [1.82, 2.24) is 0 Å². The van der Waals surface area contributed by atoms with Gasteiger partial charge < -0.3 is 9.84 Å². The molecule has 0 saturated heterocycles. The topological polar surface area (TPSA) is 46.5 Å². The number of carbonyl (C=O) groups is 1. The molecule has 5 atom stereocenters. The lowest BCUT2D eigenvalue weighted by atomic mass is 9.56. The van der Waals surface area contributed by atoms with Crippen LogP contribution in [-0.2, 0) is 9.53 Å². The van der Waals surface area contributed by atoms with E-state index in [-0.39, 0.29) is 31.6 Å². The molecule has 3 nitrogen and oxygen atoms in total. The molecule has 2 saturated carbocycles. The zero-order valence-electron chi connectivity index (χ0n) is 14.0. The third-order valence-electron chi connectivity index (χ3n) is 5.72. The van der Waals surface area contributed by atoms with Crippen LogP contribution in [0.2, 0.25) is 0 Å². The van der Waals surface area contributed by atoms with Crippen LogP contribution >= 0.6 is 0 Å². The molecule has 0 aromatic heterocycles. The standard InChI is InChI=1S/C17H23F5O3/c1-3-11-8-10-6-5-7-12(9-10)15(11,25-13(23)4-2)16(18,19)14(24)17(20,21)22/h4,10-12,14,24H,2-3,5-9H2,1H3. The summed E-state index contributed by atoms with van der Waals surface area (Å²) in [5.74, 6) is -7.62. The van der Waals surface area contributed by atoms with Gasteiger partial charge in [0.1, 0.15) is 0 Å². The molecule has 2 rings (SSSR count). The first-order valence-electron chi connectivity index (χ1n) is 8.48. The van der Waals surface area contributed by atoms with E-state index in [1.165, 1.54) is 0 Å². The van der Waals surface area contributed by atoms with E-state index in [9.17, 15) is 23.1 Å². The van der Waals surface area contributed by atoms with Gasteiger partial charge >= 0.3 is 18.1 Å². The average Bonchev–Trinajstić information content (AvgIpc) is 2.55. The molecule has 8 heteroatoms. The van der Waals surface area contributed by atoms with Crippen LogP contribution in [0, 0.1) is 17.8 Å². The summed E-state index contributed by atoms with van der Waals surface area (Å²) in [5, 5.41) is 9.43. The number of fused-ring (bicyclic) bond motifs is 2. The summed E-state index contributed by atoms with van der Waals surface area (Å²) in [6, 6.07) is 0. The first-order valence-corrected chi connectivity index (χ1v) is 8.48. The molecule has 0 heterocycles. The number of ether oxygens (including phenoxy) is 1. The van der Waals surface area contributed by atoms with Crippen molar-refractivity contribution in [3.05, 3.63) is 12.7 Å². The first kappa shape index (κ1) is 20.1. The smallest absolute Gasteiger partial charge is 0.420 e. The number of aliphatic hydroxyl groups excluding tert-OH is 1. The summed E-state index contributed by atoms with van der Waals surface area (Å²) in [7, 11) is 0. The van der Waals surface area contributed by atoms with Crippen molar-refractivity contribution in [2.75, 3.05) is 0 Å². The Morgan fingerprint density at radius 2 is 1.96 bits per heavy atom. The van der Waals surface area contributed by atoms with E-state index in [0.717, 1.165) is 6.42 Å². The molecule has 25 heavy (non-hydrogen) atoms. The fraction of sp³-hybridized carbons (Fsp3) is 0.824. The van der Waals surface area contributed by atoms with Gasteiger partial charge in [0, 0.05) is 17.9 Å². The van der Waals surface area contributed by atoms with Crippen LogP contribution in [0.25, 0.3) is 0 Å². The molecule has 144 valence electrons. The highest BCUT2D eigenvalue weighted by Crippen LogP contribution is 2.59. The zero-order valence-corrected chi connectivity index (χ0v) is 14.0. The lowest BCUT2D eigenvalue weighted by Crippen LogP contribution is -2.69. The van der Waals surface area contributed by atoms with Gasteiger partial charge in [-0.05, 0) is 31.6 Å². The van der Waals surface area contributed by atoms with E-state index in [1.807, 2.05) is 0 Å². The van der Waals surface area contributed by atoms with Crippen molar-refractivity contribution < 1.29 is 36.6 Å². The fourth-order valence-corrected chi connectivity index (χ4v) is 4.68. The molecule has 0 amide bonds. The van der Waals surface area contributed by atoms with Crippen LogP contribution in [0.15, 0.2) is 12.7 Å². The van der Waals surface area contributed by atoms with Crippen molar-refractivity contribution in [2.24, 2.45) is 17.8 Å². The van der Waals surface area contributed by atoms with Crippen molar-refractivity contribution in [3.63, 3.8) is 0 Å². The summed E-state index contributed by atoms with van der Waals surface area (Å²) in [6.07, 6.45) is -6.48. The molecule has 0 aromatic rings. The summed E-state index contributed by atoms with van der Waals surface area (Å²) in [5.41, 5.74) is -2.68. The minimum absolute atomic E-state index is 0.123. The normalized spacial score (nSPS) is 34.3. The Morgan fingerprint density at radius 1 is 1.32 bits per heavy atom. The largest absolute Gasteiger partial charge is 0.449 e. The molecule has 2 aliphatic rings. The van der Waals surface area contributed by atoms with Crippen LogP contribution in [0.1, 0.15) is 45.4 Å². The Morgan fingerprint density at radius 3 is 2.48 bits per heavy atom. The summed E-state index contributed by atoms with van der Waals surface area (Å²) >= 11 is 0. The summed E-state index contributed by atoms with van der Waals surface area (Å²) < 4.78 is 74.1. The molecule has 2 aliphatic carbocycles. The number of carbonyl (C=O) groups excluding carboxylic acids is 1. The maximum absolute atomic E-state index is 15.1. The number of alkyl halides is 5. The van der Waals surface area contributed by atoms with E-state index in [1.54, 1.807) is 6.92 Å². The SMILES string of the molecule is C=CC(=O)OC1(C(F)(F)C(O)C(F)(F)F)C(CC)CC2CCCC1C2. The second kappa shape index (κ2) is 6.85. The third-order valence-corrected chi connectivity index (χ3v) is 5.72. The zero-order chi connectivity index (χ0) is 19.0. The van der Waals surface area contributed by atoms with Gasteiger partial charge in [0.2, 0.25) is 6.10 Å². The van der Waals surface area contributed by atoms with Gasteiger partial charge in [-0.15, -0.1) is 0 Å². The third kappa shape index (κ3) is 3.29. The van der Waals surface area contributed by atoms with Gasteiger partial charge in [0.25, 0.3) is 0 Å². The van der Waals surface area contributed by atoms with Crippen LogP contribution in [0.3, 0.4) is 0 Å². The maximum atomic E-state index is 15.1. The lowest BCUT2D eigenvalue weighted by Gasteiger charge is -2.56. The minimum Gasteiger partial charge on any atom is -0.449 e. The number of hydrogen-bond donors (Lipinski definition) is 1. The van der Waals surface area contributed by atoms with Gasteiger partial charge in [0.15, 0.2) is 5.60 Å². The van der Waals surface area contributed by atoms with Gasteiger partial charge in [-0.2, -0.15) is 22.0 Å². The number of rotatable bonds is 5. The van der Waals surface area contributed by atoms with Gasteiger partial charge in [-0.25, -0.2) is 4.79 Å². The molecule has 0 spiro atoms. The Labute approximate surface area is 143 Å². The summed E-state index contributed by atoms with van der Waals surface area (Å²) in [4.78, 5) is 11.8. The highest BCUT2D eigenvalue weighted by molar-refractivity contribution is 5.81. The fourth-order valence-electron chi connectivity index (χ4n) is 4.68. The highest BCUT2D eigenvalue weighted by atomic mass is 19.4. The molecule has 2 bridgehead atoms. The number of hydrogen-bond acceptors (Lipinski definition) is 3. The molecular weight excluding hydrogens is 347 g/mol. The Bertz CT molecular complexity index is 515. The van der Waals surface area contributed by atoms with Gasteiger partial charge in [-0.3, -0.25) is 0 Å². The van der Waals surface area contributed by atoms with Crippen LogP contribution < -0.4 is 0 Å². The van der Waals surface area contributed by atoms with Gasteiger partial charge in [-0.1, -0.05) is 26.3 Å². The first-order chi connectivity index (χ1) is 11.5. The van der Waals surface area contributed by atoms with Crippen molar-refractivity contribution >= 4 is 5.97 Å². The van der Waals surface area contributed by atoms with Crippen LogP contribution in [0.5, 0.6) is 0 Å². The molecule has 0 aromatic carbocycles. The Kier molecular flexibility index (Phi) is 5.52. The van der Waals surface area contributed by atoms with Crippen LogP contribution in [0.4, 0.5) is 22.0 Å². The predicted octanol–water partition coefficient (Wildman–Crippen LogP) is 4.25. The van der Waals surface area contributed by atoms with Crippen molar-refractivity contribution in [2.45, 2.75) is 69.3 Å². The van der Waals surface area contributed by atoms with E-state index in [2.05, 4.69) is 6.58 Å². The predicted molar refractivity (Wildman–Crippen MR) is 79.9 cm³/mol. The van der Waals surface area contributed by atoms with E-state index in [4.69, 9.17) is 4.74 Å². The van der Waals surface area contributed by atoms with Crippen LogP contribution in [-0.4, -0.2) is 34.9 Å². The second-order valence-electron chi connectivity index (χ2n) is 7.06.